The molecule has 1 amide bonds. The number of likely N-dealkylation sites (tertiary alicyclic amines) is 1. The Morgan fingerprint density at radius 1 is 1.02 bits per heavy atom. The maximum atomic E-state index is 13.5. The fraction of sp³-hybridized carbons (Fsp3) is 0.241. The molecule has 2 aliphatic heterocycles. The van der Waals surface area contributed by atoms with Gasteiger partial charge in [0.05, 0.1) is 32.0 Å². The summed E-state index contributed by atoms with van der Waals surface area (Å²) in [6.07, 6.45) is 3.41. The Bertz CT molecular complexity index is 1690. The minimum absolute atomic E-state index is 0.257. The molecule has 202 valence electrons. The number of H-pyrrole nitrogens is 1. The van der Waals surface area contributed by atoms with Crippen LogP contribution in [0.2, 0.25) is 0 Å². The van der Waals surface area contributed by atoms with E-state index in [0.29, 0.717) is 37.1 Å². The van der Waals surface area contributed by atoms with Crippen molar-refractivity contribution in [3.05, 3.63) is 78.8 Å². The summed E-state index contributed by atoms with van der Waals surface area (Å²) >= 11 is 0. The molecule has 5 heterocycles. The molecular weight excluding hydrogens is 516 g/mol. The van der Waals surface area contributed by atoms with Crippen LogP contribution < -0.4 is 5.32 Å². The van der Waals surface area contributed by atoms with Crippen LogP contribution in [0.15, 0.2) is 73.1 Å². The number of ether oxygens (including phenoxy) is 1. The summed E-state index contributed by atoms with van der Waals surface area (Å²) in [4.78, 5) is 23.6. The molecule has 0 saturated carbocycles. The zero-order chi connectivity index (χ0) is 27.3. The van der Waals surface area contributed by atoms with Crippen LogP contribution in [0.25, 0.3) is 33.5 Å². The number of aromatic amines is 1. The van der Waals surface area contributed by atoms with Crippen LogP contribution in [-0.4, -0.2) is 67.8 Å². The first-order valence-electron chi connectivity index (χ1n) is 13.0. The minimum Gasteiger partial charge on any atom is -0.381 e. The highest BCUT2D eigenvalue weighted by molar-refractivity contribution is 6.00. The zero-order valence-corrected chi connectivity index (χ0v) is 21.3. The van der Waals surface area contributed by atoms with Crippen LogP contribution in [-0.2, 0) is 11.3 Å². The smallest absolute Gasteiger partial charge is 0.282 e. The van der Waals surface area contributed by atoms with Crippen LogP contribution in [0.4, 0.5) is 20.3 Å². The van der Waals surface area contributed by atoms with Gasteiger partial charge in [0.2, 0.25) is 0 Å². The number of hydrogen-bond donors (Lipinski definition) is 2. The van der Waals surface area contributed by atoms with Crippen molar-refractivity contribution in [3.63, 3.8) is 0 Å². The number of amides is 1. The van der Waals surface area contributed by atoms with Crippen molar-refractivity contribution in [1.82, 2.24) is 29.6 Å². The van der Waals surface area contributed by atoms with Gasteiger partial charge in [-0.1, -0.05) is 24.3 Å². The highest BCUT2D eigenvalue weighted by atomic mass is 19.3. The van der Waals surface area contributed by atoms with Crippen LogP contribution in [0.1, 0.15) is 10.5 Å². The molecule has 2 aromatic carbocycles. The summed E-state index contributed by atoms with van der Waals surface area (Å²) in [6.45, 7) is 0.674. The molecule has 0 atom stereocenters. The normalized spacial score (nSPS) is 16.5. The topological polar surface area (TPSA) is 101 Å². The van der Waals surface area contributed by atoms with Gasteiger partial charge in [-0.05, 0) is 42.0 Å². The lowest BCUT2D eigenvalue weighted by Crippen LogP contribution is -2.58. The summed E-state index contributed by atoms with van der Waals surface area (Å²) < 4.78 is 34.2. The molecule has 2 aliphatic rings. The Hall–Kier alpha value is -4.64. The zero-order valence-electron chi connectivity index (χ0n) is 21.3. The number of hydrogen-bond acceptors (Lipinski definition) is 6. The molecule has 0 aliphatic carbocycles. The van der Waals surface area contributed by atoms with Gasteiger partial charge < -0.3 is 19.5 Å². The third-order valence-electron chi connectivity index (χ3n) is 7.29. The number of halogens is 2. The summed E-state index contributed by atoms with van der Waals surface area (Å²) in [6, 6.07) is 19.2. The first kappa shape index (κ1) is 24.4. The molecule has 0 radical (unpaired) electrons. The average Bonchev–Trinajstić information content (AvgIpc) is 3.58. The molecule has 5 aromatic rings. The number of rotatable bonds is 7. The number of carbonyl (C=O) groups excluding carboxylic acids is 1. The largest absolute Gasteiger partial charge is 0.381 e. The van der Waals surface area contributed by atoms with Crippen molar-refractivity contribution >= 4 is 28.3 Å². The lowest BCUT2D eigenvalue weighted by Gasteiger charge is -2.39. The highest BCUT2D eigenvalue weighted by Gasteiger charge is 2.47. The monoisotopic (exact) mass is 541 g/mol. The number of benzene rings is 2. The molecule has 7 rings (SSSR count). The van der Waals surface area contributed by atoms with Crippen LogP contribution in [0.3, 0.4) is 0 Å². The molecule has 2 saturated heterocycles. The van der Waals surface area contributed by atoms with E-state index < -0.39 is 19.0 Å². The number of nitrogens with one attached hydrogen (secondary N) is 2. The van der Waals surface area contributed by atoms with Crippen LogP contribution in [0.5, 0.6) is 0 Å². The second kappa shape index (κ2) is 9.53. The number of nitrogens with zero attached hydrogens (tertiary/aromatic N) is 5. The molecule has 0 unspecified atom stereocenters. The number of alkyl halides is 2. The van der Waals surface area contributed by atoms with Crippen LogP contribution in [0, 0.1) is 5.92 Å². The second-order valence-corrected chi connectivity index (χ2v) is 10.3. The summed E-state index contributed by atoms with van der Waals surface area (Å²) in [5.74, 6) is -1.79. The predicted molar refractivity (Wildman–Crippen MR) is 145 cm³/mol. The maximum absolute atomic E-state index is 13.5. The van der Waals surface area contributed by atoms with Crippen molar-refractivity contribution in [1.29, 1.82) is 0 Å². The Kier molecular flexibility index (Phi) is 5.81. The average molecular weight is 542 g/mol. The molecule has 0 bridgehead atoms. The number of fused-ring (bicyclic) bond motifs is 1. The predicted octanol–water partition coefficient (Wildman–Crippen LogP) is 4.97. The van der Waals surface area contributed by atoms with Crippen molar-refractivity contribution in [2.24, 2.45) is 5.92 Å². The van der Waals surface area contributed by atoms with E-state index >= 15 is 0 Å². The first-order valence-corrected chi connectivity index (χ1v) is 13.0. The van der Waals surface area contributed by atoms with Gasteiger partial charge in [0.25, 0.3) is 11.8 Å². The second-order valence-electron chi connectivity index (χ2n) is 10.3. The van der Waals surface area contributed by atoms with E-state index in [2.05, 4.69) is 20.5 Å². The number of anilines is 2. The number of aromatic nitrogens is 5. The number of carbonyl (C=O) groups is 1. The summed E-state index contributed by atoms with van der Waals surface area (Å²) in [5.41, 5.74) is 4.86. The molecule has 40 heavy (non-hydrogen) atoms. The lowest BCUT2D eigenvalue weighted by atomic mass is 10.1. The van der Waals surface area contributed by atoms with Gasteiger partial charge in [0.15, 0.2) is 5.82 Å². The van der Waals surface area contributed by atoms with Crippen LogP contribution >= 0.6 is 0 Å². The Labute approximate surface area is 227 Å². The van der Waals surface area contributed by atoms with Gasteiger partial charge >= 0.3 is 0 Å². The van der Waals surface area contributed by atoms with E-state index in [0.717, 1.165) is 33.4 Å². The highest BCUT2D eigenvalue weighted by Crippen LogP contribution is 2.32. The van der Waals surface area contributed by atoms with Gasteiger partial charge in [0, 0.05) is 47.0 Å². The molecule has 0 spiro atoms. The fourth-order valence-corrected chi connectivity index (χ4v) is 5.10. The molecular formula is C29H25F2N7O2. The third-order valence-corrected chi connectivity index (χ3v) is 7.29. The van der Waals surface area contributed by atoms with Crippen molar-refractivity contribution in [2.75, 3.05) is 31.6 Å². The lowest BCUT2D eigenvalue weighted by molar-refractivity contribution is -0.113. The van der Waals surface area contributed by atoms with E-state index in [-0.39, 0.29) is 11.8 Å². The fourth-order valence-electron chi connectivity index (χ4n) is 5.10. The molecule has 2 fully saturated rings. The standard InChI is InChI=1S/C29H25F2N7O2/c30-29(31)16-37(17-29)28(39)25-11-20-1-2-21(12-24(20)38(25)13-18-14-40-15-18)27-32-9-8-26(35-27)34-22-5-3-19(4-6-22)23-7-10-33-36-23/h1-12,18H,13-17H2,(H,33,36)(H,32,34,35). The Morgan fingerprint density at radius 2 is 1.82 bits per heavy atom. The molecule has 11 heteroatoms. The van der Waals surface area contributed by atoms with E-state index in [1.807, 2.05) is 53.1 Å². The SMILES string of the molecule is O=C(c1cc2ccc(-c3nccc(Nc4ccc(-c5ccn[nH]5)cc4)n3)cc2n1CC1COC1)N1CC(F)(F)C1. The third kappa shape index (κ3) is 4.58. The summed E-state index contributed by atoms with van der Waals surface area (Å²) in [7, 11) is 0. The van der Waals surface area contributed by atoms with Crippen molar-refractivity contribution < 1.29 is 18.3 Å². The summed E-state index contributed by atoms with van der Waals surface area (Å²) in [5, 5.41) is 11.1. The first-order chi connectivity index (χ1) is 19.4. The van der Waals surface area contributed by atoms with Gasteiger partial charge in [-0.3, -0.25) is 9.89 Å². The molecule has 3 aromatic heterocycles. The Balaban J connectivity index is 1.17. The minimum atomic E-state index is -2.82. The molecule has 2 N–H and O–H groups in total. The van der Waals surface area contributed by atoms with Crippen molar-refractivity contribution in [2.45, 2.75) is 12.5 Å². The van der Waals surface area contributed by atoms with E-state index in [1.54, 1.807) is 24.5 Å². The van der Waals surface area contributed by atoms with E-state index in [9.17, 15) is 13.6 Å². The Morgan fingerprint density at radius 3 is 2.52 bits per heavy atom. The van der Waals surface area contributed by atoms with Gasteiger partial charge in [-0.2, -0.15) is 5.10 Å². The van der Waals surface area contributed by atoms with Crippen molar-refractivity contribution in [3.8, 4) is 22.6 Å². The van der Waals surface area contributed by atoms with E-state index in [1.165, 1.54) is 4.90 Å². The van der Waals surface area contributed by atoms with Gasteiger partial charge in [0.1, 0.15) is 11.5 Å². The quantitative estimate of drug-likeness (QED) is 0.302. The molecule has 9 nitrogen and oxygen atoms in total. The van der Waals surface area contributed by atoms with Gasteiger partial charge in [-0.15, -0.1) is 0 Å². The van der Waals surface area contributed by atoms with Gasteiger partial charge in [-0.25, -0.2) is 18.7 Å². The van der Waals surface area contributed by atoms with E-state index in [4.69, 9.17) is 9.72 Å². The maximum Gasteiger partial charge on any atom is 0.282 e.